The van der Waals surface area contributed by atoms with Crippen LogP contribution in [0.25, 0.3) is 17.0 Å². The highest BCUT2D eigenvalue weighted by atomic mass is 35.5. The Morgan fingerprint density at radius 3 is 2.58 bits per heavy atom. The maximum Gasteiger partial charge on any atom is 0.326 e. The maximum absolute atomic E-state index is 11.8. The van der Waals surface area contributed by atoms with Crippen LogP contribution in [0.2, 0.25) is 10.0 Å². The fourth-order valence-electron chi connectivity index (χ4n) is 2.99. The van der Waals surface area contributed by atoms with Crippen molar-refractivity contribution in [3.8, 4) is 0 Å². The number of nitrogens with zero attached hydrogens (tertiary/aromatic N) is 1. The van der Waals surface area contributed by atoms with Crippen LogP contribution in [0, 0.1) is 0 Å². The number of urea groups is 1. The first-order chi connectivity index (χ1) is 12.5. The van der Waals surface area contributed by atoms with Gasteiger partial charge in [0, 0.05) is 39.3 Å². The first-order valence-corrected chi connectivity index (χ1v) is 8.63. The summed E-state index contributed by atoms with van der Waals surface area (Å²) in [5.74, 6) is -0.437. The van der Waals surface area contributed by atoms with Gasteiger partial charge < -0.3 is 9.88 Å². The molecule has 1 aliphatic heterocycles. The number of imide groups is 1. The molecule has 0 aliphatic carbocycles. The van der Waals surface area contributed by atoms with Crippen molar-refractivity contribution < 1.29 is 9.59 Å². The minimum Gasteiger partial charge on any atom is -0.342 e. The molecule has 2 aromatic carbocycles. The van der Waals surface area contributed by atoms with Gasteiger partial charge in [0.2, 0.25) is 0 Å². The van der Waals surface area contributed by atoms with Crippen LogP contribution in [0.4, 0.5) is 4.79 Å². The Morgan fingerprint density at radius 1 is 1.04 bits per heavy atom. The Bertz CT molecular complexity index is 1090. The van der Waals surface area contributed by atoms with E-state index in [1.165, 1.54) is 0 Å². The van der Waals surface area contributed by atoms with Crippen LogP contribution in [0.15, 0.2) is 54.4 Å². The molecule has 2 heterocycles. The van der Waals surface area contributed by atoms with Gasteiger partial charge in [-0.3, -0.25) is 10.1 Å². The first-order valence-electron chi connectivity index (χ1n) is 7.87. The lowest BCUT2D eigenvalue weighted by Gasteiger charge is -2.08. The summed E-state index contributed by atoms with van der Waals surface area (Å²) in [6.45, 7) is 0.554. The van der Waals surface area contributed by atoms with Crippen LogP contribution in [-0.4, -0.2) is 16.5 Å². The summed E-state index contributed by atoms with van der Waals surface area (Å²) in [5.41, 5.74) is 2.98. The highest BCUT2D eigenvalue weighted by Gasteiger charge is 2.23. The molecule has 1 fully saturated rings. The van der Waals surface area contributed by atoms with Gasteiger partial charge in [-0.25, -0.2) is 4.79 Å². The normalized spacial score (nSPS) is 15.5. The first kappa shape index (κ1) is 16.7. The number of rotatable bonds is 3. The maximum atomic E-state index is 11.8. The number of aromatic nitrogens is 1. The van der Waals surface area contributed by atoms with Gasteiger partial charge >= 0.3 is 6.03 Å². The predicted molar refractivity (Wildman–Crippen MR) is 102 cm³/mol. The SMILES string of the molecule is O=C1NC(=O)/C(=C\c2cn(Cc3ccc(Cl)cc3Cl)c3ccccc23)N1. The largest absolute Gasteiger partial charge is 0.342 e. The van der Waals surface area contributed by atoms with Gasteiger partial charge in [0.1, 0.15) is 5.70 Å². The van der Waals surface area contributed by atoms with E-state index < -0.39 is 11.9 Å². The molecule has 0 radical (unpaired) electrons. The summed E-state index contributed by atoms with van der Waals surface area (Å²) in [7, 11) is 0. The lowest BCUT2D eigenvalue weighted by atomic mass is 10.1. The van der Waals surface area contributed by atoms with Crippen molar-refractivity contribution in [2.24, 2.45) is 0 Å². The third kappa shape index (κ3) is 3.07. The highest BCUT2D eigenvalue weighted by Crippen LogP contribution is 2.27. The molecule has 5 nitrogen and oxygen atoms in total. The Kier molecular flexibility index (Phi) is 4.18. The summed E-state index contributed by atoms with van der Waals surface area (Å²) < 4.78 is 2.05. The van der Waals surface area contributed by atoms with Crippen molar-refractivity contribution in [3.05, 3.63) is 75.5 Å². The molecule has 3 aromatic rings. The third-order valence-electron chi connectivity index (χ3n) is 4.19. The lowest BCUT2D eigenvalue weighted by molar-refractivity contribution is -0.115. The number of hydrogen-bond acceptors (Lipinski definition) is 2. The van der Waals surface area contributed by atoms with E-state index in [0.29, 0.717) is 16.6 Å². The Hall–Kier alpha value is -2.76. The number of nitrogens with one attached hydrogen (secondary N) is 2. The minimum absolute atomic E-state index is 0.224. The topological polar surface area (TPSA) is 63.1 Å². The van der Waals surface area contributed by atoms with Crippen LogP contribution in [-0.2, 0) is 11.3 Å². The molecule has 0 unspecified atom stereocenters. The van der Waals surface area contributed by atoms with Gasteiger partial charge in [-0.2, -0.15) is 0 Å². The molecule has 0 atom stereocenters. The second-order valence-corrected chi connectivity index (χ2v) is 6.78. The molecular weight excluding hydrogens is 373 g/mol. The molecule has 3 amide bonds. The van der Waals surface area contributed by atoms with E-state index >= 15 is 0 Å². The highest BCUT2D eigenvalue weighted by molar-refractivity contribution is 6.35. The molecule has 7 heteroatoms. The average Bonchev–Trinajstić information content (AvgIpc) is 3.11. The van der Waals surface area contributed by atoms with Crippen molar-refractivity contribution in [1.82, 2.24) is 15.2 Å². The lowest BCUT2D eigenvalue weighted by Crippen LogP contribution is -2.22. The number of hydrogen-bond donors (Lipinski definition) is 2. The molecule has 4 rings (SSSR count). The molecule has 130 valence electrons. The van der Waals surface area contributed by atoms with E-state index in [9.17, 15) is 9.59 Å². The van der Waals surface area contributed by atoms with Crippen molar-refractivity contribution in [2.45, 2.75) is 6.54 Å². The summed E-state index contributed by atoms with van der Waals surface area (Å²) in [4.78, 5) is 23.1. The van der Waals surface area contributed by atoms with Crippen molar-refractivity contribution in [2.75, 3.05) is 0 Å². The zero-order chi connectivity index (χ0) is 18.3. The van der Waals surface area contributed by atoms with E-state index in [4.69, 9.17) is 23.2 Å². The molecular formula is C19H13Cl2N3O2. The average molecular weight is 386 g/mol. The molecule has 26 heavy (non-hydrogen) atoms. The second-order valence-electron chi connectivity index (χ2n) is 5.93. The fraction of sp³-hybridized carbons (Fsp3) is 0.0526. The van der Waals surface area contributed by atoms with E-state index in [2.05, 4.69) is 10.6 Å². The van der Waals surface area contributed by atoms with Crippen molar-refractivity contribution in [3.63, 3.8) is 0 Å². The molecule has 0 saturated carbocycles. The van der Waals surface area contributed by atoms with Gasteiger partial charge in [0.15, 0.2) is 0 Å². The van der Waals surface area contributed by atoms with E-state index in [0.717, 1.165) is 22.0 Å². The van der Waals surface area contributed by atoms with E-state index in [-0.39, 0.29) is 5.70 Å². The second kappa shape index (κ2) is 6.52. The molecule has 0 spiro atoms. The number of halogens is 2. The number of amides is 3. The third-order valence-corrected chi connectivity index (χ3v) is 4.78. The number of carbonyl (C=O) groups excluding carboxylic acids is 2. The van der Waals surface area contributed by atoms with Crippen LogP contribution in [0.5, 0.6) is 0 Å². The Morgan fingerprint density at radius 2 is 1.85 bits per heavy atom. The van der Waals surface area contributed by atoms with Gasteiger partial charge in [0.05, 0.1) is 0 Å². The van der Waals surface area contributed by atoms with Crippen molar-refractivity contribution in [1.29, 1.82) is 0 Å². The van der Waals surface area contributed by atoms with Crippen LogP contribution < -0.4 is 10.6 Å². The standard InChI is InChI=1S/C19H13Cl2N3O2/c20-13-6-5-11(15(21)8-13)9-24-10-12(14-3-1-2-4-17(14)24)7-16-18(25)23-19(26)22-16/h1-8,10H,9H2,(H2,22,23,25,26)/b16-7+. The van der Waals surface area contributed by atoms with Crippen LogP contribution in [0.3, 0.4) is 0 Å². The monoisotopic (exact) mass is 385 g/mol. The Balaban J connectivity index is 1.78. The molecule has 1 saturated heterocycles. The van der Waals surface area contributed by atoms with Crippen LogP contribution >= 0.6 is 23.2 Å². The zero-order valence-electron chi connectivity index (χ0n) is 13.4. The predicted octanol–water partition coefficient (Wildman–Crippen LogP) is 4.18. The quantitative estimate of drug-likeness (QED) is 0.524. The van der Waals surface area contributed by atoms with Crippen LogP contribution in [0.1, 0.15) is 11.1 Å². The molecule has 1 aliphatic rings. The number of para-hydroxylation sites is 1. The fourth-order valence-corrected chi connectivity index (χ4v) is 3.46. The van der Waals surface area contributed by atoms with E-state index in [1.54, 1.807) is 18.2 Å². The summed E-state index contributed by atoms with van der Waals surface area (Å²) >= 11 is 12.3. The van der Waals surface area contributed by atoms with Crippen molar-refractivity contribution >= 4 is 52.1 Å². The van der Waals surface area contributed by atoms with Gasteiger partial charge in [-0.15, -0.1) is 0 Å². The van der Waals surface area contributed by atoms with Gasteiger partial charge in [0.25, 0.3) is 5.91 Å². The summed E-state index contributed by atoms with van der Waals surface area (Å²) in [6, 6.07) is 12.7. The summed E-state index contributed by atoms with van der Waals surface area (Å²) in [5, 5.41) is 6.86. The molecule has 2 N–H and O–H groups in total. The molecule has 1 aromatic heterocycles. The van der Waals surface area contributed by atoms with Gasteiger partial charge in [-0.1, -0.05) is 47.5 Å². The summed E-state index contributed by atoms with van der Waals surface area (Å²) in [6.07, 6.45) is 3.60. The number of fused-ring (bicyclic) bond motifs is 1. The Labute approximate surface area is 159 Å². The minimum atomic E-state index is -0.516. The smallest absolute Gasteiger partial charge is 0.326 e. The zero-order valence-corrected chi connectivity index (χ0v) is 14.9. The van der Waals surface area contributed by atoms with E-state index in [1.807, 2.05) is 41.1 Å². The number of carbonyl (C=O) groups is 2. The molecule has 0 bridgehead atoms. The number of benzene rings is 2. The van der Waals surface area contributed by atoms with Gasteiger partial charge in [-0.05, 0) is 29.8 Å².